The quantitative estimate of drug-likeness (QED) is 0.148. The van der Waals surface area contributed by atoms with E-state index in [9.17, 15) is 9.59 Å². The number of rotatable bonds is 12. The molecule has 0 saturated heterocycles. The summed E-state index contributed by atoms with van der Waals surface area (Å²) in [6.07, 6.45) is 6.83. The summed E-state index contributed by atoms with van der Waals surface area (Å²) in [5.41, 5.74) is 5.93. The molecular weight excluding hydrogens is 554 g/mol. The highest BCUT2D eigenvalue weighted by molar-refractivity contribution is 6.03. The van der Waals surface area contributed by atoms with Gasteiger partial charge in [-0.2, -0.15) is 0 Å². The lowest BCUT2D eigenvalue weighted by Crippen LogP contribution is -2.29. The minimum atomic E-state index is -0.472. The van der Waals surface area contributed by atoms with Crippen LogP contribution in [0, 0.1) is 6.92 Å². The summed E-state index contributed by atoms with van der Waals surface area (Å²) in [6.45, 7) is 10.9. The summed E-state index contributed by atoms with van der Waals surface area (Å²) in [5.74, 6) is -0.455. The minimum absolute atomic E-state index is 0.290. The molecule has 2 N–H and O–H groups in total. The Morgan fingerprint density at radius 2 is 1.89 bits per heavy atom. The molecule has 5 rings (SSSR count). The Balaban J connectivity index is 1.57. The van der Waals surface area contributed by atoms with Crippen LogP contribution in [0.5, 0.6) is 0 Å². The first-order valence-electron chi connectivity index (χ1n) is 14.9. The van der Waals surface area contributed by atoms with Crippen molar-refractivity contribution in [3.05, 3.63) is 72.6 Å². The van der Waals surface area contributed by atoms with Gasteiger partial charge in [-0.3, -0.25) is 4.79 Å². The summed E-state index contributed by atoms with van der Waals surface area (Å²) >= 11 is 0. The SMILES string of the molecule is C=CC(=O)Nc1cc(Nc2ncc(C(=O)OC(C)C)c(-c3cn(C4CC4)c4ccccc34)n2)c(C)cc1N(C)CCN(C)C. The molecule has 10 heteroatoms. The van der Waals surface area contributed by atoms with E-state index in [1.807, 2.05) is 66.2 Å². The Kier molecular flexibility index (Phi) is 9.01. The number of anilines is 4. The normalized spacial score (nSPS) is 12.9. The van der Waals surface area contributed by atoms with Crippen molar-refractivity contribution in [2.24, 2.45) is 0 Å². The highest BCUT2D eigenvalue weighted by Gasteiger charge is 2.28. The maximum atomic E-state index is 13.2. The first kappa shape index (κ1) is 30.7. The summed E-state index contributed by atoms with van der Waals surface area (Å²) < 4.78 is 7.87. The van der Waals surface area contributed by atoms with Crippen molar-refractivity contribution in [1.29, 1.82) is 0 Å². The van der Waals surface area contributed by atoms with Crippen molar-refractivity contribution in [3.63, 3.8) is 0 Å². The van der Waals surface area contributed by atoms with Crippen molar-refractivity contribution < 1.29 is 14.3 Å². The molecule has 2 aromatic heterocycles. The second kappa shape index (κ2) is 12.9. The number of benzene rings is 2. The first-order chi connectivity index (χ1) is 21.0. The number of nitrogens with one attached hydrogen (secondary N) is 2. The van der Waals surface area contributed by atoms with E-state index < -0.39 is 5.97 Å². The lowest BCUT2D eigenvalue weighted by molar-refractivity contribution is -0.111. The Morgan fingerprint density at radius 1 is 1.14 bits per heavy atom. The zero-order valence-electron chi connectivity index (χ0n) is 26.3. The van der Waals surface area contributed by atoms with Crippen LogP contribution in [0.15, 0.2) is 61.4 Å². The average molecular weight is 596 g/mol. The Morgan fingerprint density at radius 3 is 2.57 bits per heavy atom. The van der Waals surface area contributed by atoms with Crippen LogP contribution in [0.25, 0.3) is 22.2 Å². The Hall–Kier alpha value is -4.70. The van der Waals surface area contributed by atoms with Gasteiger partial charge < -0.3 is 29.7 Å². The van der Waals surface area contributed by atoms with Gasteiger partial charge >= 0.3 is 5.97 Å². The van der Waals surface area contributed by atoms with E-state index in [1.165, 1.54) is 12.3 Å². The molecule has 0 spiro atoms. The van der Waals surface area contributed by atoms with Gasteiger partial charge in [0, 0.05) is 60.7 Å². The molecule has 0 aliphatic heterocycles. The van der Waals surface area contributed by atoms with Gasteiger partial charge in [0.2, 0.25) is 11.9 Å². The lowest BCUT2D eigenvalue weighted by atomic mass is 10.1. The van der Waals surface area contributed by atoms with E-state index in [4.69, 9.17) is 9.72 Å². The van der Waals surface area contributed by atoms with Crippen LogP contribution < -0.4 is 15.5 Å². The van der Waals surface area contributed by atoms with Gasteiger partial charge in [-0.1, -0.05) is 24.8 Å². The molecule has 10 nitrogen and oxygen atoms in total. The second-order valence-corrected chi connectivity index (χ2v) is 11.8. The summed E-state index contributed by atoms with van der Waals surface area (Å²) in [4.78, 5) is 39.3. The highest BCUT2D eigenvalue weighted by atomic mass is 16.5. The number of aryl methyl sites for hydroxylation is 1. The number of carbonyl (C=O) groups excluding carboxylic acids is 2. The number of hydrogen-bond acceptors (Lipinski definition) is 8. The summed E-state index contributed by atoms with van der Waals surface area (Å²) in [7, 11) is 6.05. The third-order valence-corrected chi connectivity index (χ3v) is 7.61. The molecular formula is C34H41N7O3. The number of aromatic nitrogens is 3. The van der Waals surface area contributed by atoms with Gasteiger partial charge in [0.25, 0.3) is 0 Å². The molecule has 0 unspecified atom stereocenters. The second-order valence-electron chi connectivity index (χ2n) is 11.8. The predicted molar refractivity (Wildman–Crippen MR) is 177 cm³/mol. The van der Waals surface area contributed by atoms with E-state index >= 15 is 0 Å². The van der Waals surface area contributed by atoms with Crippen molar-refractivity contribution in [2.75, 3.05) is 49.8 Å². The largest absolute Gasteiger partial charge is 0.459 e. The molecule has 44 heavy (non-hydrogen) atoms. The van der Waals surface area contributed by atoms with Crippen LogP contribution in [0.1, 0.15) is 48.7 Å². The molecule has 2 heterocycles. The maximum absolute atomic E-state index is 13.2. The number of esters is 1. The van der Waals surface area contributed by atoms with Gasteiger partial charge in [0.15, 0.2) is 0 Å². The van der Waals surface area contributed by atoms with Crippen molar-refractivity contribution in [3.8, 4) is 11.3 Å². The lowest BCUT2D eigenvalue weighted by Gasteiger charge is -2.25. The molecule has 1 amide bonds. The molecule has 230 valence electrons. The number of carbonyl (C=O) groups is 2. The highest BCUT2D eigenvalue weighted by Crippen LogP contribution is 2.42. The third kappa shape index (κ3) is 6.75. The predicted octanol–water partition coefficient (Wildman–Crippen LogP) is 6.17. The standard InChI is InChI=1S/C34H41N7O3/c1-8-31(42)36-28-18-27(22(4)17-30(28)40(7)16-15-39(5)6)37-34-35-19-25(33(43)44-21(2)3)32(38-34)26-20-41(23-13-14-23)29-12-10-9-11-24(26)29/h8-12,17-21,23H,1,13-16H2,2-7H3,(H,36,42)(H,35,37,38). The van der Waals surface area contributed by atoms with Crippen molar-refractivity contribution in [1.82, 2.24) is 19.4 Å². The van der Waals surface area contributed by atoms with Crippen LogP contribution >= 0.6 is 0 Å². The molecule has 1 saturated carbocycles. The number of amides is 1. The molecule has 4 aromatic rings. The number of para-hydroxylation sites is 1. The van der Waals surface area contributed by atoms with E-state index in [1.54, 1.807) is 0 Å². The van der Waals surface area contributed by atoms with Crippen LogP contribution in [0.4, 0.5) is 23.0 Å². The molecule has 1 fully saturated rings. The number of ether oxygens (including phenoxy) is 1. The van der Waals surface area contributed by atoms with Gasteiger partial charge in [0.05, 0.1) is 23.2 Å². The van der Waals surface area contributed by atoms with Gasteiger partial charge in [-0.15, -0.1) is 0 Å². The number of fused-ring (bicyclic) bond motifs is 1. The number of likely N-dealkylation sites (N-methyl/N-ethyl adjacent to an activating group) is 2. The fourth-order valence-corrected chi connectivity index (χ4v) is 5.14. The fraction of sp³-hybridized carbons (Fsp3) is 0.353. The molecule has 0 bridgehead atoms. The number of hydrogen-bond donors (Lipinski definition) is 2. The van der Waals surface area contributed by atoms with Gasteiger partial charge in [0.1, 0.15) is 5.56 Å². The van der Waals surface area contributed by atoms with E-state index in [0.717, 1.165) is 59.3 Å². The summed E-state index contributed by atoms with van der Waals surface area (Å²) in [6, 6.07) is 12.5. The van der Waals surface area contributed by atoms with Gasteiger partial charge in [-0.25, -0.2) is 14.8 Å². The molecule has 0 radical (unpaired) electrons. The van der Waals surface area contributed by atoms with E-state index in [0.29, 0.717) is 28.9 Å². The third-order valence-electron chi connectivity index (χ3n) is 7.61. The van der Waals surface area contributed by atoms with Crippen LogP contribution in [0.3, 0.4) is 0 Å². The number of nitrogens with zero attached hydrogens (tertiary/aromatic N) is 5. The van der Waals surface area contributed by atoms with Crippen LogP contribution in [-0.4, -0.2) is 71.6 Å². The van der Waals surface area contributed by atoms with Crippen molar-refractivity contribution >= 4 is 45.8 Å². The Bertz CT molecular complexity index is 1700. The Labute approximate surface area is 258 Å². The maximum Gasteiger partial charge on any atom is 0.342 e. The van der Waals surface area contributed by atoms with Crippen molar-refractivity contribution in [2.45, 2.75) is 45.8 Å². The zero-order chi connectivity index (χ0) is 31.5. The minimum Gasteiger partial charge on any atom is -0.459 e. The van der Waals surface area contributed by atoms with Crippen LogP contribution in [-0.2, 0) is 9.53 Å². The average Bonchev–Trinajstić information content (AvgIpc) is 3.76. The van der Waals surface area contributed by atoms with Gasteiger partial charge in [-0.05, 0) is 77.5 Å². The monoisotopic (exact) mass is 595 g/mol. The molecule has 1 aliphatic rings. The molecule has 0 atom stereocenters. The fourth-order valence-electron chi connectivity index (χ4n) is 5.14. The first-order valence-corrected chi connectivity index (χ1v) is 14.9. The van der Waals surface area contributed by atoms with E-state index in [-0.39, 0.29) is 12.0 Å². The molecule has 2 aromatic carbocycles. The molecule has 1 aliphatic carbocycles. The zero-order valence-corrected chi connectivity index (χ0v) is 26.3. The summed E-state index contributed by atoms with van der Waals surface area (Å²) in [5, 5.41) is 7.30. The van der Waals surface area contributed by atoms with Crippen LogP contribution in [0.2, 0.25) is 0 Å². The smallest absolute Gasteiger partial charge is 0.342 e. The topological polar surface area (TPSA) is 105 Å². The van der Waals surface area contributed by atoms with E-state index in [2.05, 4.69) is 54.9 Å².